The number of pyridine rings is 1. The Hall–Kier alpha value is -6.55. The first-order valence-electron chi connectivity index (χ1n) is 27.8. The monoisotopic (exact) mass is 1080 g/mol. The number of para-hydroxylation sites is 3. The Kier molecular flexibility index (Phi) is 7.84. The molecule has 3 aromatic heterocycles. The van der Waals surface area contributed by atoms with Gasteiger partial charge in [0.2, 0.25) is 0 Å². The van der Waals surface area contributed by atoms with Gasteiger partial charge in [-0.15, -0.1) is 0 Å². The van der Waals surface area contributed by atoms with E-state index in [0.717, 1.165) is 38.8 Å². The van der Waals surface area contributed by atoms with Crippen molar-refractivity contribution in [1.82, 2.24) is 18.7 Å². The van der Waals surface area contributed by atoms with E-state index in [0.29, 0.717) is 32.0 Å². The summed E-state index contributed by atoms with van der Waals surface area (Å²) in [6, 6.07) is 31.5. The molecule has 1 aliphatic rings. The van der Waals surface area contributed by atoms with E-state index in [1.54, 1.807) is 18.2 Å². The van der Waals surface area contributed by atoms with E-state index in [1.165, 1.54) is 11.1 Å². The first-order chi connectivity index (χ1) is 36.6. The number of imidazole rings is 1. The van der Waals surface area contributed by atoms with E-state index < -0.39 is 65.8 Å². The van der Waals surface area contributed by atoms with Gasteiger partial charge in [0.05, 0.1) is 0 Å². The molecule has 0 aliphatic heterocycles. The fourth-order valence-corrected chi connectivity index (χ4v) is 11.2. The number of nitrogens with zero attached hydrogens (tertiary/aromatic N) is 4. The van der Waals surface area contributed by atoms with Crippen LogP contribution in [0.5, 0.6) is 11.5 Å². The molecular formula is C62H56N4OPt-2. The Morgan fingerprint density at radius 1 is 0.618 bits per heavy atom. The normalized spacial score (nSPS) is 17.1. The summed E-state index contributed by atoms with van der Waals surface area (Å²) >= 11 is 2.19. The summed E-state index contributed by atoms with van der Waals surface area (Å²) in [5.74, 6) is 1.64. The van der Waals surface area contributed by atoms with E-state index in [-0.39, 0.29) is 44.2 Å². The van der Waals surface area contributed by atoms with Crippen LogP contribution in [0.2, 0.25) is 0 Å². The van der Waals surface area contributed by atoms with E-state index in [4.69, 9.17) is 17.9 Å². The summed E-state index contributed by atoms with van der Waals surface area (Å²) in [5.41, 5.74) is 8.05. The summed E-state index contributed by atoms with van der Waals surface area (Å²) < 4.78 is 102. The van der Waals surface area contributed by atoms with Crippen LogP contribution in [0.15, 0.2) is 158 Å². The molecule has 0 saturated heterocycles. The Balaban J connectivity index is 1.15. The van der Waals surface area contributed by atoms with E-state index in [1.807, 2.05) is 63.9 Å². The molecule has 1 aliphatic carbocycles. The zero-order valence-electron chi connectivity index (χ0n) is 49.8. The zero-order valence-corrected chi connectivity index (χ0v) is 42.0. The van der Waals surface area contributed by atoms with Gasteiger partial charge < -0.3 is 0 Å². The third kappa shape index (κ3) is 6.75. The topological polar surface area (TPSA) is 36.9 Å². The number of aryl methyl sites for hydroxylation is 1. The van der Waals surface area contributed by atoms with Crippen LogP contribution < -0.4 is 4.74 Å². The van der Waals surface area contributed by atoms with Crippen LogP contribution in [0.4, 0.5) is 0 Å². The van der Waals surface area contributed by atoms with Crippen LogP contribution in [-0.4, -0.2) is 18.7 Å². The van der Waals surface area contributed by atoms with Crippen molar-refractivity contribution >= 4 is 32.8 Å². The molecule has 0 unspecified atom stereocenters. The van der Waals surface area contributed by atoms with Gasteiger partial charge in [0.25, 0.3) is 0 Å². The second-order valence-electron chi connectivity index (χ2n) is 20.5. The van der Waals surface area contributed by atoms with Gasteiger partial charge in [-0.1, -0.05) is 41.5 Å². The van der Waals surface area contributed by atoms with Crippen LogP contribution in [0.1, 0.15) is 98.3 Å². The first-order valence-corrected chi connectivity index (χ1v) is 23.9. The molecule has 11 rings (SSSR count). The van der Waals surface area contributed by atoms with Gasteiger partial charge >= 0.3 is 333 Å². The number of hydrogen-bond acceptors (Lipinski definition) is 2. The first kappa shape index (κ1) is 33.8. The molecule has 0 spiro atoms. The fourth-order valence-electron chi connectivity index (χ4n) is 10.2. The second-order valence-corrected chi connectivity index (χ2v) is 21.5. The number of ether oxygens (including phenoxy) is 1. The number of hydrogen-bond donors (Lipinski definition) is 0. The van der Waals surface area contributed by atoms with Crippen molar-refractivity contribution in [3.8, 4) is 50.9 Å². The standard InChI is InChI=1S/C62H56N4O.Pt/c1-40-30-31-63-57(32-40)66-55-36-45(28-29-49(55)50-37-51-52(38-56(50)66)61(7,8)62(9,10)60(51,5)6)67-46-34-43(59(2,3)4)33-44(35-46)64-39-65(54-27-18-17-26-53(54)64)58-47(41-20-13-11-14-21-41)24-19-25-48(58)42-22-15-12-16-23-42;/h11-34,37-38H,1-10H3;/q-2;/i11D,12D,13D,14D,15D,16D,20D,21D,22D,23D;. The van der Waals surface area contributed by atoms with Gasteiger partial charge in [0.15, 0.2) is 0 Å². The summed E-state index contributed by atoms with van der Waals surface area (Å²) in [7, 11) is 0. The SMILES string of the molecule is [2H]c1c([2H])c([2H])c(-c2cccc(-c3c([2H])c([2H])c([2H])c([2H])c3[2H])c2-n2[c](=[Pt])n(-c3[c-]c(Oc4[c-]c5c(cc4)c4cc6c(cc4n5-c4cc(C)ccn4)C(C)(C)C(C)(C)C6(C)C)cc(C(C)(C)C)c3)c3ccccc32)c([2H])c1[2H]. The molecule has 68 heavy (non-hydrogen) atoms. The molecule has 0 bridgehead atoms. The predicted octanol–water partition coefficient (Wildman–Crippen LogP) is 15.9. The Labute approximate surface area is 425 Å². The third-order valence-electron chi connectivity index (χ3n) is 15.1. The Morgan fingerprint density at radius 2 is 1.24 bits per heavy atom. The molecular weight excluding hydrogens is 1010 g/mol. The number of aromatic nitrogens is 4. The van der Waals surface area contributed by atoms with Crippen molar-refractivity contribution in [2.45, 2.75) is 85.5 Å². The summed E-state index contributed by atoms with van der Waals surface area (Å²) in [6.45, 7) is 22.6. The molecule has 0 atom stereocenters. The predicted molar refractivity (Wildman–Crippen MR) is 276 cm³/mol. The minimum absolute atomic E-state index is 0.0333. The maximum absolute atomic E-state index is 9.17. The minimum atomic E-state index is -0.563. The Morgan fingerprint density at radius 3 is 1.85 bits per heavy atom. The molecule has 0 fully saturated rings. The fraction of sp³-hybridized carbons (Fsp3) is 0.226. The number of benzene rings is 7. The molecule has 7 aromatic carbocycles. The zero-order chi connectivity index (χ0) is 56.2. The molecule has 342 valence electrons. The summed E-state index contributed by atoms with van der Waals surface area (Å²) in [6.07, 6.45) is 1.83. The molecule has 5 nitrogen and oxygen atoms in total. The van der Waals surface area contributed by atoms with Crippen LogP contribution in [0.25, 0.3) is 72.3 Å². The van der Waals surface area contributed by atoms with Crippen molar-refractivity contribution in [2.24, 2.45) is 5.41 Å². The van der Waals surface area contributed by atoms with Crippen LogP contribution in [-0.2, 0) is 35.6 Å². The van der Waals surface area contributed by atoms with Gasteiger partial charge in [-0.25, -0.2) is 0 Å². The molecule has 0 amide bonds. The van der Waals surface area contributed by atoms with E-state index in [2.05, 4.69) is 130 Å². The van der Waals surface area contributed by atoms with Gasteiger partial charge in [-0.3, -0.25) is 0 Å². The second kappa shape index (κ2) is 15.8. The van der Waals surface area contributed by atoms with Crippen molar-refractivity contribution < 1.29 is 37.8 Å². The molecule has 3 heterocycles. The van der Waals surface area contributed by atoms with Crippen molar-refractivity contribution in [1.29, 1.82) is 0 Å². The third-order valence-corrected chi connectivity index (χ3v) is 16.1. The van der Waals surface area contributed by atoms with Crippen LogP contribution in [0, 0.1) is 28.3 Å². The average Bonchev–Trinajstić information content (AvgIpc) is 4.15. The summed E-state index contributed by atoms with van der Waals surface area (Å²) in [4.78, 5) is 4.91. The van der Waals surface area contributed by atoms with Gasteiger partial charge in [0.1, 0.15) is 0 Å². The van der Waals surface area contributed by atoms with Gasteiger partial charge in [0, 0.05) is 6.20 Å². The van der Waals surface area contributed by atoms with Crippen molar-refractivity contribution in [3.63, 3.8) is 0 Å². The number of rotatable bonds is 7. The molecule has 10 aromatic rings. The summed E-state index contributed by atoms with van der Waals surface area (Å²) in [5, 5.41) is 2.12. The maximum atomic E-state index is 9.17. The number of fused-ring (bicyclic) bond motifs is 5. The molecule has 0 N–H and O–H groups in total. The van der Waals surface area contributed by atoms with Crippen molar-refractivity contribution in [2.75, 3.05) is 0 Å². The molecule has 6 heteroatoms. The van der Waals surface area contributed by atoms with Gasteiger partial charge in [-0.2, -0.15) is 0 Å². The van der Waals surface area contributed by atoms with Gasteiger partial charge in [-0.05, 0) is 45.9 Å². The molecule has 0 saturated carbocycles. The Bertz CT molecular complexity index is 4170. The average molecular weight is 1080 g/mol. The van der Waals surface area contributed by atoms with Crippen LogP contribution in [0.3, 0.4) is 0 Å². The van der Waals surface area contributed by atoms with E-state index in [9.17, 15) is 5.48 Å². The van der Waals surface area contributed by atoms with Crippen LogP contribution >= 0.6 is 0 Å². The van der Waals surface area contributed by atoms with Crippen molar-refractivity contribution in [3.05, 3.63) is 196 Å². The quantitative estimate of drug-likeness (QED) is 0.149. The molecule has 0 radical (unpaired) electrons. The van der Waals surface area contributed by atoms with E-state index >= 15 is 0 Å².